The Bertz CT molecular complexity index is 1300. The third-order valence-electron chi connectivity index (χ3n) is 5.39. The number of hydrogen-bond acceptors (Lipinski definition) is 5. The number of carbonyl (C=O) groups is 1. The van der Waals surface area contributed by atoms with Crippen molar-refractivity contribution in [1.82, 2.24) is 4.98 Å². The molecule has 4 rings (SSSR count). The fourth-order valence-corrected chi connectivity index (χ4v) is 5.54. The number of sulfonamides is 1. The second-order valence-corrected chi connectivity index (χ2v) is 10.6. The molecule has 33 heavy (non-hydrogen) atoms. The molecule has 1 aliphatic rings. The predicted molar refractivity (Wildman–Crippen MR) is 133 cm³/mol. The van der Waals surface area contributed by atoms with Crippen LogP contribution in [0.4, 0.5) is 10.8 Å². The van der Waals surface area contributed by atoms with E-state index in [9.17, 15) is 13.2 Å². The van der Waals surface area contributed by atoms with Gasteiger partial charge in [-0.3, -0.25) is 9.52 Å². The van der Waals surface area contributed by atoms with E-state index >= 15 is 0 Å². The molecule has 0 unspecified atom stereocenters. The zero-order chi connectivity index (χ0) is 23.3. The van der Waals surface area contributed by atoms with E-state index in [1.165, 1.54) is 37.5 Å². The van der Waals surface area contributed by atoms with Crippen LogP contribution in [0.2, 0.25) is 0 Å². The lowest BCUT2D eigenvalue weighted by Gasteiger charge is -2.15. The van der Waals surface area contributed by atoms with Crippen LogP contribution in [-0.4, -0.2) is 19.3 Å². The van der Waals surface area contributed by atoms with Gasteiger partial charge in [-0.05, 0) is 49.2 Å². The second-order valence-electron chi connectivity index (χ2n) is 8.03. The Morgan fingerprint density at radius 1 is 1.09 bits per heavy atom. The minimum Gasteiger partial charge on any atom is -0.302 e. The number of carbonyl (C=O) groups excluding carboxylic acids is 1. The lowest BCUT2D eigenvalue weighted by Crippen LogP contribution is -2.12. The van der Waals surface area contributed by atoms with E-state index in [0.717, 1.165) is 24.0 Å². The van der Waals surface area contributed by atoms with Crippen LogP contribution >= 0.6 is 11.3 Å². The Morgan fingerprint density at radius 2 is 1.85 bits per heavy atom. The number of benzene rings is 2. The fourth-order valence-electron chi connectivity index (χ4n) is 3.72. The number of amides is 1. The van der Waals surface area contributed by atoms with Crippen molar-refractivity contribution in [1.29, 1.82) is 0 Å². The molecule has 0 radical (unpaired) electrons. The van der Waals surface area contributed by atoms with Gasteiger partial charge in [0.05, 0.1) is 10.6 Å². The van der Waals surface area contributed by atoms with Crippen LogP contribution in [0, 0.1) is 17.8 Å². The lowest BCUT2D eigenvalue weighted by molar-refractivity contribution is -0.114. The largest absolute Gasteiger partial charge is 0.302 e. The van der Waals surface area contributed by atoms with Crippen molar-refractivity contribution in [3.8, 4) is 23.1 Å². The van der Waals surface area contributed by atoms with E-state index in [4.69, 9.17) is 0 Å². The minimum absolute atomic E-state index is 0.178. The first-order chi connectivity index (χ1) is 15.9. The standard InChI is InChI=1S/C25H25N3O3S2/c1-18(29)26-25-27-24(17-32-25)21-8-5-9-22(16-21)28-33(30,31)23-14-12-20(13-15-23)11-10-19-6-3-2-4-7-19/h5,8-9,12-17,19,28H,2-4,6-7H2,1H3,(H,26,27,29). The Hall–Kier alpha value is -3.15. The number of thiazole rings is 1. The molecule has 2 aromatic carbocycles. The second kappa shape index (κ2) is 10.2. The van der Waals surface area contributed by atoms with Crippen molar-refractivity contribution in [2.75, 3.05) is 10.0 Å². The molecule has 8 heteroatoms. The maximum atomic E-state index is 12.9. The van der Waals surface area contributed by atoms with Gasteiger partial charge in [0.15, 0.2) is 5.13 Å². The van der Waals surface area contributed by atoms with Gasteiger partial charge in [0.2, 0.25) is 5.91 Å². The number of nitrogens with zero attached hydrogens (tertiary/aromatic N) is 1. The summed E-state index contributed by atoms with van der Waals surface area (Å²) in [6, 6.07) is 13.7. The molecule has 0 spiro atoms. The summed E-state index contributed by atoms with van der Waals surface area (Å²) in [5.41, 5.74) is 2.66. The van der Waals surface area contributed by atoms with Gasteiger partial charge in [-0.2, -0.15) is 0 Å². The highest BCUT2D eigenvalue weighted by atomic mass is 32.2. The van der Waals surface area contributed by atoms with E-state index in [-0.39, 0.29) is 10.8 Å². The van der Waals surface area contributed by atoms with Crippen molar-refractivity contribution >= 4 is 38.1 Å². The number of hydrogen-bond donors (Lipinski definition) is 2. The first-order valence-corrected chi connectivity index (χ1v) is 13.2. The Morgan fingerprint density at radius 3 is 2.58 bits per heavy atom. The molecular formula is C25H25N3O3S2. The minimum atomic E-state index is -3.75. The Balaban J connectivity index is 1.46. The summed E-state index contributed by atoms with van der Waals surface area (Å²) in [5, 5.41) is 4.96. The molecule has 170 valence electrons. The Labute approximate surface area is 198 Å². The number of anilines is 2. The Kier molecular flexibility index (Phi) is 7.11. The van der Waals surface area contributed by atoms with E-state index in [1.807, 2.05) is 11.4 Å². The summed E-state index contributed by atoms with van der Waals surface area (Å²) < 4.78 is 28.4. The summed E-state index contributed by atoms with van der Waals surface area (Å²) in [4.78, 5) is 15.8. The zero-order valence-corrected chi connectivity index (χ0v) is 19.9. The first kappa shape index (κ1) is 23.0. The van der Waals surface area contributed by atoms with Crippen LogP contribution < -0.4 is 10.0 Å². The molecule has 1 heterocycles. The summed E-state index contributed by atoms with van der Waals surface area (Å²) in [5.74, 6) is 6.77. The van der Waals surface area contributed by atoms with Crippen molar-refractivity contribution in [2.45, 2.75) is 43.9 Å². The van der Waals surface area contributed by atoms with Gasteiger partial charge in [0, 0.05) is 35.0 Å². The highest BCUT2D eigenvalue weighted by molar-refractivity contribution is 7.92. The number of aromatic nitrogens is 1. The first-order valence-electron chi connectivity index (χ1n) is 10.9. The predicted octanol–water partition coefficient (Wildman–Crippen LogP) is 5.50. The third-order valence-corrected chi connectivity index (χ3v) is 7.54. The maximum Gasteiger partial charge on any atom is 0.261 e. The van der Waals surface area contributed by atoms with Gasteiger partial charge in [-0.15, -0.1) is 11.3 Å². The topological polar surface area (TPSA) is 88.2 Å². The molecule has 0 atom stereocenters. The van der Waals surface area contributed by atoms with Gasteiger partial charge < -0.3 is 5.32 Å². The molecule has 1 amide bonds. The fraction of sp³-hybridized carbons (Fsp3) is 0.280. The highest BCUT2D eigenvalue weighted by Gasteiger charge is 2.15. The highest BCUT2D eigenvalue weighted by Crippen LogP contribution is 2.28. The normalized spacial score (nSPS) is 14.2. The molecule has 0 bridgehead atoms. The van der Waals surface area contributed by atoms with Crippen LogP contribution in [0.25, 0.3) is 11.3 Å². The lowest BCUT2D eigenvalue weighted by atomic mass is 9.90. The molecule has 0 saturated heterocycles. The summed E-state index contributed by atoms with van der Waals surface area (Å²) in [6.45, 7) is 1.42. The molecule has 1 aliphatic carbocycles. The molecule has 0 aliphatic heterocycles. The van der Waals surface area contributed by atoms with Crippen molar-refractivity contribution in [3.63, 3.8) is 0 Å². The van der Waals surface area contributed by atoms with Crippen molar-refractivity contribution < 1.29 is 13.2 Å². The van der Waals surface area contributed by atoms with Crippen LogP contribution in [-0.2, 0) is 14.8 Å². The molecule has 1 aromatic heterocycles. The average molecular weight is 480 g/mol. The summed E-state index contributed by atoms with van der Waals surface area (Å²) in [7, 11) is -3.75. The van der Waals surface area contributed by atoms with Gasteiger partial charge in [-0.1, -0.05) is 43.2 Å². The van der Waals surface area contributed by atoms with E-state index < -0.39 is 10.0 Å². The zero-order valence-electron chi connectivity index (χ0n) is 18.3. The molecule has 1 saturated carbocycles. The summed E-state index contributed by atoms with van der Waals surface area (Å²) >= 11 is 1.31. The quantitative estimate of drug-likeness (QED) is 0.473. The van der Waals surface area contributed by atoms with E-state index in [1.54, 1.807) is 42.5 Å². The van der Waals surface area contributed by atoms with Gasteiger partial charge in [0.1, 0.15) is 0 Å². The van der Waals surface area contributed by atoms with E-state index in [0.29, 0.717) is 22.4 Å². The van der Waals surface area contributed by atoms with Gasteiger partial charge >= 0.3 is 0 Å². The smallest absolute Gasteiger partial charge is 0.261 e. The van der Waals surface area contributed by atoms with Gasteiger partial charge in [0.25, 0.3) is 10.0 Å². The molecule has 6 nitrogen and oxygen atoms in total. The number of nitrogens with one attached hydrogen (secondary N) is 2. The summed E-state index contributed by atoms with van der Waals surface area (Å²) in [6.07, 6.45) is 6.07. The number of rotatable bonds is 5. The molecule has 3 aromatic rings. The van der Waals surface area contributed by atoms with Crippen LogP contribution in [0.15, 0.2) is 58.8 Å². The third kappa shape index (κ3) is 6.21. The van der Waals surface area contributed by atoms with Crippen LogP contribution in [0.5, 0.6) is 0 Å². The van der Waals surface area contributed by atoms with Gasteiger partial charge in [-0.25, -0.2) is 13.4 Å². The maximum absolute atomic E-state index is 12.9. The average Bonchev–Trinajstić information content (AvgIpc) is 3.26. The monoisotopic (exact) mass is 479 g/mol. The van der Waals surface area contributed by atoms with Crippen molar-refractivity contribution in [2.24, 2.45) is 5.92 Å². The van der Waals surface area contributed by atoms with Crippen molar-refractivity contribution in [3.05, 3.63) is 59.5 Å². The molecule has 1 fully saturated rings. The molecular weight excluding hydrogens is 454 g/mol. The SMILES string of the molecule is CC(=O)Nc1nc(-c2cccc(NS(=O)(=O)c3ccc(C#CC4CCCCC4)cc3)c2)cs1. The molecule has 2 N–H and O–H groups in total. The van der Waals surface area contributed by atoms with Crippen LogP contribution in [0.1, 0.15) is 44.6 Å². The van der Waals surface area contributed by atoms with Crippen LogP contribution in [0.3, 0.4) is 0 Å². The van der Waals surface area contributed by atoms with E-state index in [2.05, 4.69) is 26.9 Å².